The van der Waals surface area contributed by atoms with E-state index in [4.69, 9.17) is 14.0 Å². The predicted molar refractivity (Wildman–Crippen MR) is 94.6 cm³/mol. The van der Waals surface area contributed by atoms with E-state index >= 15 is 0 Å². The average Bonchev–Trinajstić information content (AvgIpc) is 2.65. The van der Waals surface area contributed by atoms with Crippen LogP contribution < -0.4 is 10.2 Å². The third-order valence-corrected chi connectivity index (χ3v) is 5.17. The molecule has 0 radical (unpaired) electrons. The van der Waals surface area contributed by atoms with E-state index < -0.39 is 12.5 Å². The second-order valence-corrected chi connectivity index (χ2v) is 8.20. The minimum atomic E-state index is -0.528. The number of aryl methyl sites for hydroxylation is 1. The largest absolute Gasteiger partial charge is 0.496 e. The van der Waals surface area contributed by atoms with Crippen LogP contribution >= 0.6 is 0 Å². The van der Waals surface area contributed by atoms with Gasteiger partial charge in [0.15, 0.2) is 0 Å². The molecule has 132 valence electrons. The Morgan fingerprint density at radius 2 is 1.79 bits per heavy atom. The SMILES string of the molecule is CC(=O)C(C)(C)COc1cc(C)c(B2OC(C)(C)C(C)(C)O2)cn1. The highest BCUT2D eigenvalue weighted by Gasteiger charge is 2.52. The Morgan fingerprint density at radius 3 is 2.25 bits per heavy atom. The highest BCUT2D eigenvalue weighted by molar-refractivity contribution is 6.62. The maximum absolute atomic E-state index is 11.6. The van der Waals surface area contributed by atoms with Crippen LogP contribution in [0.2, 0.25) is 0 Å². The van der Waals surface area contributed by atoms with Gasteiger partial charge in [0, 0.05) is 17.7 Å². The van der Waals surface area contributed by atoms with Crippen LogP contribution in [0.25, 0.3) is 0 Å². The molecule has 0 aromatic carbocycles. The number of nitrogens with zero attached hydrogens (tertiary/aromatic N) is 1. The number of ketones is 1. The van der Waals surface area contributed by atoms with Gasteiger partial charge in [0.25, 0.3) is 0 Å². The van der Waals surface area contributed by atoms with E-state index in [-0.39, 0.29) is 17.0 Å². The van der Waals surface area contributed by atoms with Crippen molar-refractivity contribution in [3.63, 3.8) is 0 Å². The molecule has 1 aromatic rings. The van der Waals surface area contributed by atoms with Crippen molar-refractivity contribution in [2.24, 2.45) is 5.41 Å². The summed E-state index contributed by atoms with van der Waals surface area (Å²) in [5, 5.41) is 0. The van der Waals surface area contributed by atoms with Crippen LogP contribution in [0.3, 0.4) is 0 Å². The molecular formula is C18H28BNO4. The first-order chi connectivity index (χ1) is 10.9. The van der Waals surface area contributed by atoms with Gasteiger partial charge in [-0.3, -0.25) is 4.79 Å². The predicted octanol–water partition coefficient (Wildman–Crippen LogP) is 2.68. The van der Waals surface area contributed by atoms with Gasteiger partial charge < -0.3 is 14.0 Å². The van der Waals surface area contributed by atoms with Crippen LogP contribution in [0.15, 0.2) is 12.3 Å². The first-order valence-electron chi connectivity index (χ1n) is 8.32. The summed E-state index contributed by atoms with van der Waals surface area (Å²) < 4.78 is 17.8. The average molecular weight is 333 g/mol. The fourth-order valence-electron chi connectivity index (χ4n) is 2.19. The van der Waals surface area contributed by atoms with E-state index in [1.165, 1.54) is 0 Å². The standard InChI is InChI=1S/C18H28BNO4/c1-12-9-15(22-11-16(3,4)13(2)21)20-10-14(12)19-23-17(5,6)18(7,8)24-19/h9-10H,11H2,1-8H3. The zero-order valence-electron chi connectivity index (χ0n) is 16.0. The summed E-state index contributed by atoms with van der Waals surface area (Å²) in [5.74, 6) is 0.593. The topological polar surface area (TPSA) is 57.7 Å². The van der Waals surface area contributed by atoms with Crippen LogP contribution in [-0.4, -0.2) is 35.7 Å². The molecule has 2 rings (SSSR count). The molecule has 5 nitrogen and oxygen atoms in total. The molecule has 2 heterocycles. The number of ether oxygens (including phenoxy) is 1. The summed E-state index contributed by atoms with van der Waals surface area (Å²) in [6, 6.07) is 1.86. The van der Waals surface area contributed by atoms with Gasteiger partial charge >= 0.3 is 7.12 Å². The number of Topliss-reactive ketones (excluding diaryl/α,β-unsaturated/α-hetero) is 1. The quantitative estimate of drug-likeness (QED) is 0.776. The third-order valence-electron chi connectivity index (χ3n) is 5.17. The van der Waals surface area contributed by atoms with Gasteiger partial charge in [-0.05, 0) is 61.0 Å². The molecule has 24 heavy (non-hydrogen) atoms. The monoisotopic (exact) mass is 333 g/mol. The number of carbonyl (C=O) groups excluding carboxylic acids is 1. The van der Waals surface area contributed by atoms with Crippen molar-refractivity contribution in [1.29, 1.82) is 0 Å². The number of hydrogen-bond acceptors (Lipinski definition) is 5. The summed E-state index contributed by atoms with van der Waals surface area (Å²) in [4.78, 5) is 15.9. The summed E-state index contributed by atoms with van der Waals surface area (Å²) in [5.41, 5.74) is 0.584. The van der Waals surface area contributed by atoms with E-state index in [0.29, 0.717) is 12.5 Å². The van der Waals surface area contributed by atoms with Crippen molar-refractivity contribution < 1.29 is 18.8 Å². The number of carbonyl (C=O) groups is 1. The van der Waals surface area contributed by atoms with Gasteiger partial charge in [0.05, 0.1) is 16.6 Å². The molecule has 0 amide bonds. The lowest BCUT2D eigenvalue weighted by atomic mass is 9.77. The molecule has 1 aliphatic rings. The van der Waals surface area contributed by atoms with Crippen LogP contribution in [0.5, 0.6) is 5.88 Å². The van der Waals surface area contributed by atoms with E-state index in [9.17, 15) is 4.79 Å². The molecule has 0 unspecified atom stereocenters. The van der Waals surface area contributed by atoms with Crippen molar-refractivity contribution in [3.8, 4) is 5.88 Å². The number of aromatic nitrogens is 1. The molecular weight excluding hydrogens is 305 g/mol. The third kappa shape index (κ3) is 3.65. The molecule has 0 bridgehead atoms. The molecule has 0 aliphatic carbocycles. The lowest BCUT2D eigenvalue weighted by molar-refractivity contribution is -0.126. The lowest BCUT2D eigenvalue weighted by Gasteiger charge is -2.32. The maximum atomic E-state index is 11.6. The smallest absolute Gasteiger partial charge is 0.477 e. The first-order valence-corrected chi connectivity index (χ1v) is 8.32. The fraction of sp³-hybridized carbons (Fsp3) is 0.667. The molecule has 0 saturated carbocycles. The van der Waals surface area contributed by atoms with Crippen LogP contribution in [0.1, 0.15) is 54.0 Å². The van der Waals surface area contributed by atoms with Crippen molar-refractivity contribution in [1.82, 2.24) is 4.98 Å². The summed E-state index contributed by atoms with van der Waals surface area (Å²) >= 11 is 0. The molecule has 1 aliphatic heterocycles. The van der Waals surface area contributed by atoms with Crippen LogP contribution in [0, 0.1) is 12.3 Å². The maximum Gasteiger partial charge on any atom is 0.496 e. The first kappa shape index (κ1) is 18.9. The van der Waals surface area contributed by atoms with Crippen molar-refractivity contribution in [2.75, 3.05) is 6.61 Å². The Labute approximate surface area is 145 Å². The lowest BCUT2D eigenvalue weighted by Crippen LogP contribution is -2.41. The van der Waals surface area contributed by atoms with Gasteiger partial charge in [0.2, 0.25) is 5.88 Å². The number of pyridine rings is 1. The minimum Gasteiger partial charge on any atom is -0.477 e. The highest BCUT2D eigenvalue weighted by Crippen LogP contribution is 2.36. The van der Waals surface area contributed by atoms with E-state index in [1.54, 1.807) is 13.1 Å². The normalized spacial score (nSPS) is 19.4. The van der Waals surface area contributed by atoms with E-state index in [1.807, 2.05) is 54.5 Å². The Hall–Kier alpha value is -1.40. The Balaban J connectivity index is 2.13. The van der Waals surface area contributed by atoms with Crippen molar-refractivity contribution in [2.45, 2.75) is 66.6 Å². The summed E-state index contributed by atoms with van der Waals surface area (Å²) in [6.45, 7) is 15.7. The van der Waals surface area contributed by atoms with Gasteiger partial charge in [-0.2, -0.15) is 0 Å². The fourth-order valence-corrected chi connectivity index (χ4v) is 2.19. The van der Waals surface area contributed by atoms with Crippen molar-refractivity contribution >= 4 is 18.4 Å². The molecule has 1 fully saturated rings. The minimum absolute atomic E-state index is 0.0908. The van der Waals surface area contributed by atoms with Crippen molar-refractivity contribution in [3.05, 3.63) is 17.8 Å². The van der Waals surface area contributed by atoms with Gasteiger partial charge in [-0.15, -0.1) is 0 Å². The molecule has 1 saturated heterocycles. The Bertz CT molecular complexity index is 624. The zero-order chi connectivity index (χ0) is 18.3. The molecule has 0 spiro atoms. The molecule has 0 atom stereocenters. The number of hydrogen-bond donors (Lipinski definition) is 0. The molecule has 0 N–H and O–H groups in total. The second-order valence-electron chi connectivity index (χ2n) is 8.20. The number of rotatable bonds is 5. The van der Waals surface area contributed by atoms with Gasteiger partial charge in [0.1, 0.15) is 12.4 Å². The van der Waals surface area contributed by atoms with Crippen LogP contribution in [0.4, 0.5) is 0 Å². The highest BCUT2D eigenvalue weighted by atomic mass is 16.7. The van der Waals surface area contributed by atoms with Gasteiger partial charge in [-0.25, -0.2) is 4.98 Å². The Morgan fingerprint density at radius 1 is 1.25 bits per heavy atom. The zero-order valence-corrected chi connectivity index (χ0v) is 16.0. The summed E-state index contributed by atoms with van der Waals surface area (Å²) in [6.07, 6.45) is 1.73. The second kappa shape index (κ2) is 6.15. The Kier molecular flexibility index (Phi) is 4.86. The van der Waals surface area contributed by atoms with E-state index in [0.717, 1.165) is 11.0 Å². The van der Waals surface area contributed by atoms with Gasteiger partial charge in [-0.1, -0.05) is 0 Å². The van der Waals surface area contributed by atoms with Crippen LogP contribution in [-0.2, 0) is 14.1 Å². The molecule has 6 heteroatoms. The van der Waals surface area contributed by atoms with E-state index in [2.05, 4.69) is 4.98 Å². The summed E-state index contributed by atoms with van der Waals surface area (Å²) in [7, 11) is -0.440. The molecule has 1 aromatic heterocycles.